The van der Waals surface area contributed by atoms with Crippen molar-refractivity contribution in [3.63, 3.8) is 0 Å². The zero-order chi connectivity index (χ0) is 16.7. The van der Waals surface area contributed by atoms with E-state index in [0.29, 0.717) is 0 Å². The summed E-state index contributed by atoms with van der Waals surface area (Å²) in [4.78, 5) is 0. The second-order valence-corrected chi connectivity index (χ2v) is 11.7. The standard InChI is InChI=1S/C25H40/c1-3-19-20-8-4-6-15-12-17-10-14(2)11-18-13-16-7-5-9-21(19)24(16)25(22(17)18)23(15)20/h14-25H,3-13H2,1-2H3. The predicted octanol–water partition coefficient (Wildman–Crippen LogP) is 6.79. The van der Waals surface area contributed by atoms with Gasteiger partial charge in [0.15, 0.2) is 0 Å². The molecule has 6 rings (SSSR count). The molecule has 0 aliphatic heterocycles. The molecule has 25 heavy (non-hydrogen) atoms. The Labute approximate surface area is 155 Å². The van der Waals surface area contributed by atoms with Crippen molar-refractivity contribution in [1.29, 1.82) is 0 Å². The fourth-order valence-corrected chi connectivity index (χ4v) is 10.9. The molecular formula is C25H40. The summed E-state index contributed by atoms with van der Waals surface area (Å²) in [6, 6.07) is 0. The Morgan fingerprint density at radius 2 is 1.16 bits per heavy atom. The lowest BCUT2D eigenvalue weighted by Gasteiger charge is -2.69. The molecule has 0 spiro atoms. The SMILES string of the molecule is CCC1C2CCCC3CC4CC(C)CC5CC6CCCC1C6C(C45)C32. The summed E-state index contributed by atoms with van der Waals surface area (Å²) in [6.07, 6.45) is 17.6. The van der Waals surface area contributed by atoms with Gasteiger partial charge in [0, 0.05) is 0 Å². The molecule has 0 N–H and O–H groups in total. The summed E-state index contributed by atoms with van der Waals surface area (Å²) in [5.74, 6) is 13.7. The minimum atomic E-state index is 1.03. The van der Waals surface area contributed by atoms with E-state index in [4.69, 9.17) is 0 Å². The lowest BCUT2D eigenvalue weighted by molar-refractivity contribution is -0.208. The summed E-state index contributed by atoms with van der Waals surface area (Å²) in [6.45, 7) is 5.15. The van der Waals surface area contributed by atoms with Gasteiger partial charge in [0.1, 0.15) is 0 Å². The van der Waals surface area contributed by atoms with Crippen molar-refractivity contribution < 1.29 is 0 Å². The highest BCUT2D eigenvalue weighted by Gasteiger charge is 2.63. The van der Waals surface area contributed by atoms with Gasteiger partial charge >= 0.3 is 0 Å². The van der Waals surface area contributed by atoms with Crippen LogP contribution in [-0.4, -0.2) is 0 Å². The Morgan fingerprint density at radius 3 is 1.68 bits per heavy atom. The van der Waals surface area contributed by atoms with Gasteiger partial charge in [-0.25, -0.2) is 0 Å². The van der Waals surface area contributed by atoms with Gasteiger partial charge < -0.3 is 0 Å². The highest BCUT2D eigenvalue weighted by atomic mass is 14.7. The minimum Gasteiger partial charge on any atom is -0.0651 e. The van der Waals surface area contributed by atoms with Crippen LogP contribution in [0.15, 0.2) is 0 Å². The third-order valence-corrected chi connectivity index (χ3v) is 10.9. The molecule has 0 aromatic carbocycles. The van der Waals surface area contributed by atoms with E-state index in [2.05, 4.69) is 13.8 Å². The first-order valence-electron chi connectivity index (χ1n) is 12.3. The van der Waals surface area contributed by atoms with Gasteiger partial charge in [0.2, 0.25) is 0 Å². The zero-order valence-corrected chi connectivity index (χ0v) is 16.7. The van der Waals surface area contributed by atoms with Crippen molar-refractivity contribution >= 4 is 0 Å². The molecule has 0 heteroatoms. The first-order chi connectivity index (χ1) is 12.3. The molecule has 6 aliphatic rings. The van der Waals surface area contributed by atoms with Crippen molar-refractivity contribution in [2.45, 2.75) is 84.5 Å². The van der Waals surface area contributed by atoms with Gasteiger partial charge in [-0.3, -0.25) is 0 Å². The molecule has 0 heterocycles. The maximum absolute atomic E-state index is 2.59. The average molecular weight is 341 g/mol. The highest BCUT2D eigenvalue weighted by molar-refractivity contribution is 5.12. The predicted molar refractivity (Wildman–Crippen MR) is 104 cm³/mol. The molecule has 0 amide bonds. The van der Waals surface area contributed by atoms with Gasteiger partial charge in [-0.1, -0.05) is 46.0 Å². The maximum atomic E-state index is 2.59. The number of rotatable bonds is 1. The molecule has 0 bridgehead atoms. The molecule has 0 aromatic rings. The Hall–Kier alpha value is 0. The van der Waals surface area contributed by atoms with Crippen LogP contribution in [0.1, 0.15) is 84.5 Å². The normalized spacial score (nSPS) is 62.2. The van der Waals surface area contributed by atoms with Crippen LogP contribution < -0.4 is 0 Å². The third-order valence-electron chi connectivity index (χ3n) is 10.9. The third kappa shape index (κ3) is 2.12. The lowest BCUT2D eigenvalue weighted by Crippen LogP contribution is -2.63. The summed E-state index contributed by atoms with van der Waals surface area (Å²) in [5.41, 5.74) is 0. The summed E-state index contributed by atoms with van der Waals surface area (Å²) >= 11 is 0. The molecule has 8 unspecified atom stereocenters. The Balaban J connectivity index is 1.46. The van der Waals surface area contributed by atoms with Crippen LogP contribution in [-0.2, 0) is 0 Å². The van der Waals surface area contributed by atoms with Crippen LogP contribution in [0, 0.1) is 71.0 Å². The Morgan fingerprint density at radius 1 is 0.600 bits per heavy atom. The van der Waals surface area contributed by atoms with E-state index >= 15 is 0 Å². The fourth-order valence-electron chi connectivity index (χ4n) is 10.9. The largest absolute Gasteiger partial charge is 0.0651 e. The molecule has 0 aromatic heterocycles. The summed E-state index contributed by atoms with van der Waals surface area (Å²) < 4.78 is 0. The number of hydrogen-bond donors (Lipinski definition) is 0. The van der Waals surface area contributed by atoms with Gasteiger partial charge in [-0.2, -0.15) is 0 Å². The molecule has 6 aliphatic carbocycles. The molecule has 6 fully saturated rings. The first-order valence-corrected chi connectivity index (χ1v) is 12.3. The van der Waals surface area contributed by atoms with Crippen LogP contribution in [0.2, 0.25) is 0 Å². The van der Waals surface area contributed by atoms with Gasteiger partial charge in [0.25, 0.3) is 0 Å². The monoisotopic (exact) mass is 340 g/mol. The van der Waals surface area contributed by atoms with Crippen LogP contribution in [0.5, 0.6) is 0 Å². The molecule has 0 saturated heterocycles. The minimum absolute atomic E-state index is 1.03. The molecule has 0 radical (unpaired) electrons. The topological polar surface area (TPSA) is 0 Å². The van der Waals surface area contributed by atoms with Crippen molar-refractivity contribution in [2.24, 2.45) is 71.0 Å². The molecule has 0 nitrogen and oxygen atoms in total. The molecule has 6 saturated carbocycles. The fraction of sp³-hybridized carbons (Fsp3) is 1.00. The van der Waals surface area contributed by atoms with Gasteiger partial charge in [0.05, 0.1) is 0 Å². The maximum Gasteiger partial charge on any atom is -0.0313 e. The highest BCUT2D eigenvalue weighted by Crippen LogP contribution is 2.70. The Kier molecular flexibility index (Phi) is 3.68. The first kappa shape index (κ1) is 16.0. The van der Waals surface area contributed by atoms with Crippen LogP contribution >= 0.6 is 0 Å². The second-order valence-electron chi connectivity index (χ2n) is 11.7. The van der Waals surface area contributed by atoms with Crippen molar-refractivity contribution in [3.05, 3.63) is 0 Å². The summed E-state index contributed by atoms with van der Waals surface area (Å²) in [5, 5.41) is 0. The van der Waals surface area contributed by atoms with Crippen LogP contribution in [0.25, 0.3) is 0 Å². The smallest absolute Gasteiger partial charge is 0.0313 e. The van der Waals surface area contributed by atoms with Crippen LogP contribution in [0.3, 0.4) is 0 Å². The van der Waals surface area contributed by atoms with Gasteiger partial charge in [-0.15, -0.1) is 0 Å². The van der Waals surface area contributed by atoms with Crippen molar-refractivity contribution in [1.82, 2.24) is 0 Å². The average Bonchev–Trinajstić information content (AvgIpc) is 2.61. The van der Waals surface area contributed by atoms with Gasteiger partial charge in [-0.05, 0) is 110 Å². The van der Waals surface area contributed by atoms with Crippen molar-refractivity contribution in [3.8, 4) is 0 Å². The summed E-state index contributed by atoms with van der Waals surface area (Å²) in [7, 11) is 0. The van der Waals surface area contributed by atoms with E-state index in [1.54, 1.807) is 64.2 Å². The van der Waals surface area contributed by atoms with E-state index in [-0.39, 0.29) is 0 Å². The van der Waals surface area contributed by atoms with Crippen molar-refractivity contribution in [2.75, 3.05) is 0 Å². The van der Waals surface area contributed by atoms with E-state index in [1.165, 1.54) is 30.1 Å². The number of hydrogen-bond acceptors (Lipinski definition) is 0. The lowest BCUT2D eigenvalue weighted by atomic mass is 9.36. The molecule has 140 valence electrons. The van der Waals surface area contributed by atoms with Crippen LogP contribution in [0.4, 0.5) is 0 Å². The van der Waals surface area contributed by atoms with E-state index < -0.39 is 0 Å². The quantitative estimate of drug-likeness (QED) is 0.493. The molecular weight excluding hydrogens is 300 g/mol. The molecule has 8 atom stereocenters. The second kappa shape index (κ2) is 5.75. The Bertz CT molecular complexity index is 480. The van der Waals surface area contributed by atoms with E-state index in [9.17, 15) is 0 Å². The van der Waals surface area contributed by atoms with E-state index in [0.717, 1.165) is 47.3 Å². The van der Waals surface area contributed by atoms with E-state index in [1.807, 2.05) is 0 Å². The zero-order valence-electron chi connectivity index (χ0n) is 16.7.